The van der Waals surface area contributed by atoms with E-state index >= 15 is 0 Å². The molecule has 2 rings (SSSR count). The summed E-state index contributed by atoms with van der Waals surface area (Å²) in [4.78, 5) is 30.5. The van der Waals surface area contributed by atoms with Gasteiger partial charge in [-0.15, -0.1) is 0 Å². The van der Waals surface area contributed by atoms with Gasteiger partial charge < -0.3 is 15.5 Å². The van der Waals surface area contributed by atoms with Crippen molar-refractivity contribution in [3.8, 4) is 6.01 Å². The molecule has 0 saturated heterocycles. The fraction of sp³-hybridized carbons (Fsp3) is 0.545. The van der Waals surface area contributed by atoms with Crippen LogP contribution in [0.1, 0.15) is 13.8 Å². The number of aryl methyl sites for hydroxylation is 1. The molecule has 0 saturated carbocycles. The summed E-state index contributed by atoms with van der Waals surface area (Å²) in [6, 6.07) is 0.173. The molecule has 19 heavy (non-hydrogen) atoms. The number of rotatable bonds is 3. The quantitative estimate of drug-likeness (QED) is 0.747. The van der Waals surface area contributed by atoms with Crippen LogP contribution in [0.5, 0.6) is 6.01 Å². The van der Waals surface area contributed by atoms with Crippen LogP contribution in [0.2, 0.25) is 0 Å². The number of H-pyrrole nitrogens is 1. The van der Waals surface area contributed by atoms with Crippen molar-refractivity contribution in [1.82, 2.24) is 19.1 Å². The van der Waals surface area contributed by atoms with Gasteiger partial charge in [0, 0.05) is 19.6 Å². The largest absolute Gasteiger partial charge is 0.463 e. The van der Waals surface area contributed by atoms with E-state index in [0.29, 0.717) is 0 Å². The van der Waals surface area contributed by atoms with Gasteiger partial charge in [0.1, 0.15) is 6.61 Å². The number of aromatic nitrogens is 4. The van der Waals surface area contributed by atoms with Gasteiger partial charge in [-0.3, -0.25) is 13.9 Å². The number of nitrogens with one attached hydrogen (secondary N) is 1. The maximum absolute atomic E-state index is 11.9. The van der Waals surface area contributed by atoms with Gasteiger partial charge in [-0.05, 0) is 13.8 Å². The smallest absolute Gasteiger partial charge is 0.332 e. The van der Waals surface area contributed by atoms with E-state index in [1.54, 1.807) is 7.05 Å². The zero-order chi connectivity index (χ0) is 14.4. The number of hydrogen-bond donors (Lipinski definition) is 2. The van der Waals surface area contributed by atoms with E-state index in [2.05, 4.69) is 9.97 Å². The third-order valence-corrected chi connectivity index (χ3v) is 2.65. The molecule has 8 heteroatoms. The normalized spacial score (nSPS) is 12.1. The highest BCUT2D eigenvalue weighted by Gasteiger charge is 2.16. The highest BCUT2D eigenvalue weighted by atomic mass is 16.5. The van der Waals surface area contributed by atoms with E-state index < -0.39 is 16.8 Å². The standard InChI is InChI=1S/C11H17N5O3/c1-11(2,12)5-19-9-13-6-7(14-9)15(3)10(18)16(4)8(6)17/h5,12H2,1-4H3,(H,13,14). The Balaban J connectivity index is 2.53. The van der Waals surface area contributed by atoms with Crippen LogP contribution >= 0.6 is 0 Å². The lowest BCUT2D eigenvalue weighted by Gasteiger charge is -2.17. The fourth-order valence-electron chi connectivity index (χ4n) is 1.63. The second kappa shape index (κ2) is 4.23. The molecule has 0 aliphatic heterocycles. The average molecular weight is 267 g/mol. The Morgan fingerprint density at radius 1 is 1.32 bits per heavy atom. The Labute approximate surface area is 108 Å². The number of ether oxygens (including phenoxy) is 1. The second-order valence-electron chi connectivity index (χ2n) is 5.22. The molecule has 3 N–H and O–H groups in total. The highest BCUT2D eigenvalue weighted by molar-refractivity contribution is 5.70. The molecule has 2 heterocycles. The van der Waals surface area contributed by atoms with E-state index in [0.717, 1.165) is 4.57 Å². The molecule has 104 valence electrons. The highest BCUT2D eigenvalue weighted by Crippen LogP contribution is 2.11. The van der Waals surface area contributed by atoms with E-state index in [1.807, 2.05) is 13.8 Å². The lowest BCUT2D eigenvalue weighted by Crippen LogP contribution is -2.38. The fourth-order valence-corrected chi connectivity index (χ4v) is 1.63. The Bertz CT molecular complexity index is 732. The molecule has 0 aliphatic rings. The van der Waals surface area contributed by atoms with Crippen molar-refractivity contribution in [3.05, 3.63) is 20.8 Å². The first-order valence-electron chi connectivity index (χ1n) is 5.78. The monoisotopic (exact) mass is 267 g/mol. The summed E-state index contributed by atoms with van der Waals surface area (Å²) in [5, 5.41) is 0. The maximum atomic E-state index is 11.9. The second-order valence-corrected chi connectivity index (χ2v) is 5.22. The SMILES string of the molecule is Cn1c(=O)c2[nH]c(OCC(C)(C)N)nc2n(C)c1=O. The molecular weight excluding hydrogens is 250 g/mol. The summed E-state index contributed by atoms with van der Waals surface area (Å²) in [5.41, 5.74) is 4.90. The lowest BCUT2D eigenvalue weighted by molar-refractivity contribution is 0.229. The van der Waals surface area contributed by atoms with Crippen molar-refractivity contribution in [3.63, 3.8) is 0 Å². The van der Waals surface area contributed by atoms with E-state index in [-0.39, 0.29) is 23.8 Å². The van der Waals surface area contributed by atoms with Crippen molar-refractivity contribution < 1.29 is 4.74 Å². The van der Waals surface area contributed by atoms with Gasteiger partial charge in [-0.1, -0.05) is 0 Å². The number of nitrogens with zero attached hydrogens (tertiary/aromatic N) is 3. The average Bonchev–Trinajstić information content (AvgIpc) is 2.75. The molecule has 8 nitrogen and oxygen atoms in total. The molecule has 2 aromatic heterocycles. The Morgan fingerprint density at radius 2 is 1.95 bits per heavy atom. The van der Waals surface area contributed by atoms with Crippen LogP contribution in [-0.4, -0.2) is 31.2 Å². The zero-order valence-corrected chi connectivity index (χ0v) is 11.4. The van der Waals surface area contributed by atoms with Crippen LogP contribution in [-0.2, 0) is 14.1 Å². The van der Waals surface area contributed by atoms with Crippen LogP contribution < -0.4 is 21.7 Å². The van der Waals surface area contributed by atoms with Crippen molar-refractivity contribution in [2.45, 2.75) is 19.4 Å². The van der Waals surface area contributed by atoms with Gasteiger partial charge in [0.25, 0.3) is 11.6 Å². The molecule has 0 aromatic carbocycles. The predicted octanol–water partition coefficient (Wildman–Crippen LogP) is -0.924. The topological polar surface area (TPSA) is 108 Å². The first-order chi connectivity index (χ1) is 8.70. The molecule has 0 bridgehead atoms. The molecule has 0 atom stereocenters. The minimum absolute atomic E-state index is 0.173. The molecule has 0 aliphatic carbocycles. The minimum atomic E-state index is -0.518. The predicted molar refractivity (Wildman–Crippen MR) is 70.3 cm³/mol. The maximum Gasteiger partial charge on any atom is 0.332 e. The first kappa shape index (κ1) is 13.3. The van der Waals surface area contributed by atoms with Gasteiger partial charge in [0.2, 0.25) is 0 Å². The molecule has 0 amide bonds. The van der Waals surface area contributed by atoms with Crippen LogP contribution in [0.3, 0.4) is 0 Å². The summed E-state index contributed by atoms with van der Waals surface area (Å²) in [6.45, 7) is 3.86. The summed E-state index contributed by atoms with van der Waals surface area (Å²) in [6.07, 6.45) is 0. The molecule has 0 spiro atoms. The molecular formula is C11H17N5O3. The van der Waals surface area contributed by atoms with E-state index in [4.69, 9.17) is 10.5 Å². The third kappa shape index (κ3) is 2.39. The van der Waals surface area contributed by atoms with Crippen molar-refractivity contribution in [2.75, 3.05) is 6.61 Å². The number of nitrogens with two attached hydrogens (primary N) is 1. The van der Waals surface area contributed by atoms with Crippen LogP contribution in [0, 0.1) is 0 Å². The molecule has 0 radical (unpaired) electrons. The molecule has 2 aromatic rings. The summed E-state index contributed by atoms with van der Waals surface area (Å²) >= 11 is 0. The van der Waals surface area contributed by atoms with Gasteiger partial charge >= 0.3 is 5.69 Å². The lowest BCUT2D eigenvalue weighted by atomic mass is 10.1. The van der Waals surface area contributed by atoms with Gasteiger partial charge in [0.15, 0.2) is 11.2 Å². The number of fused-ring (bicyclic) bond motifs is 1. The summed E-state index contributed by atoms with van der Waals surface area (Å²) in [7, 11) is 2.95. The van der Waals surface area contributed by atoms with Crippen molar-refractivity contribution >= 4 is 11.2 Å². The zero-order valence-electron chi connectivity index (χ0n) is 11.4. The number of aromatic amines is 1. The summed E-state index contributed by atoms with van der Waals surface area (Å²) < 4.78 is 7.69. The van der Waals surface area contributed by atoms with Crippen molar-refractivity contribution in [2.24, 2.45) is 19.8 Å². The van der Waals surface area contributed by atoms with E-state index in [9.17, 15) is 9.59 Å². The molecule has 0 unspecified atom stereocenters. The van der Waals surface area contributed by atoms with Crippen LogP contribution in [0.15, 0.2) is 9.59 Å². The first-order valence-corrected chi connectivity index (χ1v) is 5.78. The van der Waals surface area contributed by atoms with Crippen LogP contribution in [0.4, 0.5) is 0 Å². The van der Waals surface area contributed by atoms with Gasteiger partial charge in [-0.25, -0.2) is 4.79 Å². The van der Waals surface area contributed by atoms with Crippen molar-refractivity contribution in [1.29, 1.82) is 0 Å². The van der Waals surface area contributed by atoms with E-state index in [1.165, 1.54) is 11.6 Å². The Hall–Kier alpha value is -2.09. The van der Waals surface area contributed by atoms with Gasteiger partial charge in [0.05, 0.1) is 0 Å². The number of imidazole rings is 1. The Morgan fingerprint density at radius 3 is 2.53 bits per heavy atom. The minimum Gasteiger partial charge on any atom is -0.463 e. The van der Waals surface area contributed by atoms with Gasteiger partial charge in [-0.2, -0.15) is 4.98 Å². The third-order valence-electron chi connectivity index (χ3n) is 2.65. The number of hydrogen-bond acceptors (Lipinski definition) is 5. The van der Waals surface area contributed by atoms with Crippen LogP contribution in [0.25, 0.3) is 11.2 Å². The Kier molecular flexibility index (Phi) is 2.97. The summed E-state index contributed by atoms with van der Waals surface area (Å²) in [5.74, 6) is 0. The molecule has 0 fully saturated rings.